The first-order chi connectivity index (χ1) is 12.2. The zero-order valence-corrected chi connectivity index (χ0v) is 13.7. The van der Waals surface area contributed by atoms with E-state index in [0.717, 1.165) is 29.0 Å². The van der Waals surface area contributed by atoms with Gasteiger partial charge in [-0.1, -0.05) is 0 Å². The number of rotatable bonds is 3. The molecule has 0 unspecified atom stereocenters. The van der Waals surface area contributed by atoms with Crippen molar-refractivity contribution >= 4 is 16.9 Å². The Morgan fingerprint density at radius 1 is 1.24 bits per heavy atom. The van der Waals surface area contributed by atoms with Crippen LogP contribution in [0.25, 0.3) is 11.0 Å². The summed E-state index contributed by atoms with van der Waals surface area (Å²) in [5.41, 5.74) is 3.82. The maximum Gasteiger partial charge on any atom is 0.326 e. The van der Waals surface area contributed by atoms with E-state index in [1.807, 2.05) is 6.07 Å². The third kappa shape index (κ3) is 2.45. The summed E-state index contributed by atoms with van der Waals surface area (Å²) in [5.74, 6) is 0.564. The summed E-state index contributed by atoms with van der Waals surface area (Å²) in [6.07, 6.45) is 3.08. The van der Waals surface area contributed by atoms with Gasteiger partial charge in [-0.25, -0.2) is 4.79 Å². The van der Waals surface area contributed by atoms with Crippen molar-refractivity contribution in [2.75, 3.05) is 6.54 Å². The number of hydrogen-bond donors (Lipinski definition) is 2. The van der Waals surface area contributed by atoms with Crippen LogP contribution in [0.4, 0.5) is 0 Å². The molecule has 2 N–H and O–H groups in total. The van der Waals surface area contributed by atoms with Crippen molar-refractivity contribution in [2.24, 2.45) is 5.92 Å². The predicted octanol–water partition coefficient (Wildman–Crippen LogP) is 1.06. The number of carbonyl (C=O) groups is 1. The highest BCUT2D eigenvalue weighted by Crippen LogP contribution is 2.31. The summed E-state index contributed by atoms with van der Waals surface area (Å²) < 4.78 is 1.78. The number of nitrogens with one attached hydrogen (secondary N) is 2. The van der Waals surface area contributed by atoms with E-state index in [4.69, 9.17) is 0 Å². The fraction of sp³-hybridized carbons (Fsp3) is 0.412. The fourth-order valence-electron chi connectivity index (χ4n) is 3.49. The van der Waals surface area contributed by atoms with Crippen LogP contribution < -0.4 is 5.69 Å². The number of nitrogens with zero attached hydrogens (tertiary/aromatic N) is 4. The Hall–Kier alpha value is -2.90. The molecular formula is C17H18N6O2. The zero-order valence-electron chi connectivity index (χ0n) is 13.7. The summed E-state index contributed by atoms with van der Waals surface area (Å²) >= 11 is 0. The Kier molecular flexibility index (Phi) is 3.06. The second-order valence-electron chi connectivity index (χ2n) is 6.91. The third-order valence-corrected chi connectivity index (χ3v) is 5.11. The van der Waals surface area contributed by atoms with Crippen molar-refractivity contribution in [3.05, 3.63) is 45.6 Å². The standard InChI is InChI=1S/C17H18N6O2/c24-16(22-6-5-12-14(9-22)20-21-19-12)11-3-4-15-13(7-11)18-17(25)23(15)8-10-1-2-10/h3-4,7,10H,1-2,5-6,8-9H2,(H,18,25)(H,19,20,21). The van der Waals surface area contributed by atoms with Crippen LogP contribution >= 0.6 is 0 Å². The van der Waals surface area contributed by atoms with E-state index in [1.165, 1.54) is 12.8 Å². The topological polar surface area (TPSA) is 99.7 Å². The molecule has 1 saturated carbocycles. The Morgan fingerprint density at radius 3 is 2.92 bits per heavy atom. The van der Waals surface area contributed by atoms with E-state index in [2.05, 4.69) is 20.4 Å². The van der Waals surface area contributed by atoms with E-state index in [9.17, 15) is 9.59 Å². The Morgan fingerprint density at radius 2 is 2.08 bits per heavy atom. The van der Waals surface area contributed by atoms with Crippen LogP contribution in [0, 0.1) is 5.92 Å². The van der Waals surface area contributed by atoms with Crippen LogP contribution in [0.15, 0.2) is 23.0 Å². The number of imidazole rings is 1. The second kappa shape index (κ2) is 5.30. The largest absolute Gasteiger partial charge is 0.332 e. The molecule has 128 valence electrons. The molecule has 2 aliphatic rings. The number of aromatic amines is 2. The van der Waals surface area contributed by atoms with E-state index in [1.54, 1.807) is 21.6 Å². The van der Waals surface area contributed by atoms with Crippen molar-refractivity contribution in [2.45, 2.75) is 32.4 Å². The number of hydrogen-bond acceptors (Lipinski definition) is 4. The molecule has 3 heterocycles. The highest BCUT2D eigenvalue weighted by molar-refractivity contribution is 5.97. The molecule has 0 radical (unpaired) electrons. The van der Waals surface area contributed by atoms with Crippen LogP contribution in [-0.4, -0.2) is 42.3 Å². The van der Waals surface area contributed by atoms with Crippen LogP contribution in [0.2, 0.25) is 0 Å². The summed E-state index contributed by atoms with van der Waals surface area (Å²) in [5, 5.41) is 10.8. The van der Waals surface area contributed by atoms with Crippen LogP contribution in [0.3, 0.4) is 0 Å². The van der Waals surface area contributed by atoms with Gasteiger partial charge in [-0.3, -0.25) is 9.36 Å². The zero-order chi connectivity index (χ0) is 17.0. The highest BCUT2D eigenvalue weighted by atomic mass is 16.2. The minimum absolute atomic E-state index is 0.0497. The molecule has 0 spiro atoms. The van der Waals surface area contributed by atoms with Crippen molar-refractivity contribution in [3.8, 4) is 0 Å². The predicted molar refractivity (Wildman–Crippen MR) is 90.1 cm³/mol. The average Bonchev–Trinajstić information content (AvgIpc) is 3.22. The summed E-state index contributed by atoms with van der Waals surface area (Å²) in [7, 11) is 0. The summed E-state index contributed by atoms with van der Waals surface area (Å²) in [6, 6.07) is 5.45. The lowest BCUT2D eigenvalue weighted by atomic mass is 10.1. The molecule has 2 aromatic heterocycles. The smallest absolute Gasteiger partial charge is 0.326 e. The normalized spacial score (nSPS) is 17.0. The summed E-state index contributed by atoms with van der Waals surface area (Å²) in [4.78, 5) is 29.7. The first-order valence-corrected chi connectivity index (χ1v) is 8.59. The van der Waals surface area contributed by atoms with E-state index >= 15 is 0 Å². The molecule has 0 saturated heterocycles. The van der Waals surface area contributed by atoms with Gasteiger partial charge in [0.15, 0.2) is 0 Å². The van der Waals surface area contributed by atoms with Gasteiger partial charge in [0, 0.05) is 25.1 Å². The van der Waals surface area contributed by atoms with Gasteiger partial charge in [0.25, 0.3) is 5.91 Å². The lowest BCUT2D eigenvalue weighted by Crippen LogP contribution is -2.36. The minimum atomic E-state index is -0.100. The molecule has 1 aliphatic carbocycles. The van der Waals surface area contributed by atoms with Gasteiger partial charge in [-0.2, -0.15) is 15.4 Å². The molecule has 8 nitrogen and oxygen atoms in total. The number of aromatic nitrogens is 5. The lowest BCUT2D eigenvalue weighted by Gasteiger charge is -2.25. The van der Waals surface area contributed by atoms with Gasteiger partial charge in [-0.15, -0.1) is 0 Å². The molecule has 1 aliphatic heterocycles. The van der Waals surface area contributed by atoms with Gasteiger partial charge in [0.2, 0.25) is 0 Å². The Balaban J connectivity index is 1.45. The van der Waals surface area contributed by atoms with Gasteiger partial charge in [-0.05, 0) is 37.0 Å². The van der Waals surface area contributed by atoms with Crippen molar-refractivity contribution in [1.82, 2.24) is 29.9 Å². The molecule has 1 fully saturated rings. The first-order valence-electron chi connectivity index (χ1n) is 8.59. The van der Waals surface area contributed by atoms with Crippen molar-refractivity contribution in [1.29, 1.82) is 0 Å². The lowest BCUT2D eigenvalue weighted by molar-refractivity contribution is 0.0732. The summed E-state index contributed by atoms with van der Waals surface area (Å²) in [6.45, 7) is 1.84. The van der Waals surface area contributed by atoms with Gasteiger partial charge >= 0.3 is 5.69 Å². The molecule has 3 aromatic rings. The SMILES string of the molecule is O=C(c1ccc2c(c1)[nH]c(=O)n2CC1CC1)N1CCc2n[nH]nc2C1. The maximum atomic E-state index is 12.8. The maximum absolute atomic E-state index is 12.8. The number of benzene rings is 1. The van der Waals surface area contributed by atoms with Gasteiger partial charge in [0.1, 0.15) is 5.69 Å². The molecular weight excluding hydrogens is 320 g/mol. The number of amides is 1. The molecule has 25 heavy (non-hydrogen) atoms. The molecule has 1 aromatic carbocycles. The van der Waals surface area contributed by atoms with Crippen LogP contribution in [0.1, 0.15) is 34.6 Å². The van der Waals surface area contributed by atoms with E-state index < -0.39 is 0 Å². The molecule has 8 heteroatoms. The first kappa shape index (κ1) is 14.4. The molecule has 5 rings (SSSR count). The Labute approximate surface area is 142 Å². The monoisotopic (exact) mass is 338 g/mol. The third-order valence-electron chi connectivity index (χ3n) is 5.11. The van der Waals surface area contributed by atoms with E-state index in [-0.39, 0.29) is 11.6 Å². The molecule has 0 bridgehead atoms. The highest BCUT2D eigenvalue weighted by Gasteiger charge is 2.26. The second-order valence-corrected chi connectivity index (χ2v) is 6.91. The van der Waals surface area contributed by atoms with Crippen molar-refractivity contribution in [3.63, 3.8) is 0 Å². The van der Waals surface area contributed by atoms with Gasteiger partial charge < -0.3 is 9.88 Å². The van der Waals surface area contributed by atoms with E-state index in [0.29, 0.717) is 31.0 Å². The Bertz CT molecular complexity index is 1030. The quantitative estimate of drug-likeness (QED) is 0.746. The minimum Gasteiger partial charge on any atom is -0.332 e. The van der Waals surface area contributed by atoms with Gasteiger partial charge in [0.05, 0.1) is 23.3 Å². The van der Waals surface area contributed by atoms with Crippen LogP contribution in [0.5, 0.6) is 0 Å². The fourth-order valence-corrected chi connectivity index (χ4v) is 3.49. The molecule has 0 atom stereocenters. The van der Waals surface area contributed by atoms with Crippen molar-refractivity contribution < 1.29 is 4.79 Å². The number of carbonyl (C=O) groups excluding carboxylic acids is 1. The number of H-pyrrole nitrogens is 2. The average molecular weight is 338 g/mol. The van der Waals surface area contributed by atoms with Crippen LogP contribution in [-0.2, 0) is 19.5 Å². The molecule has 1 amide bonds. The number of fused-ring (bicyclic) bond motifs is 2.